The Balaban J connectivity index is 3.28. The predicted molar refractivity (Wildman–Crippen MR) is 96.1 cm³/mol. The lowest BCUT2D eigenvalue weighted by atomic mass is 10.0. The molecular formula is C17H22BrNO6. The Kier molecular flexibility index (Phi) is 7.92. The van der Waals surface area contributed by atoms with Crippen LogP contribution in [0.3, 0.4) is 0 Å². The number of carbonyl (C=O) groups excluding carboxylic acids is 1. The van der Waals surface area contributed by atoms with Crippen LogP contribution in [-0.4, -0.2) is 48.8 Å². The molecule has 0 radical (unpaired) electrons. The summed E-state index contributed by atoms with van der Waals surface area (Å²) in [7, 11) is 2.84. The van der Waals surface area contributed by atoms with Crippen molar-refractivity contribution in [3.8, 4) is 11.5 Å². The van der Waals surface area contributed by atoms with Gasteiger partial charge in [-0.25, -0.2) is 4.79 Å². The van der Waals surface area contributed by atoms with Crippen LogP contribution in [0, 0.1) is 5.92 Å². The maximum absolute atomic E-state index is 12.7. The summed E-state index contributed by atoms with van der Waals surface area (Å²) in [5.74, 6) is -1.41. The Morgan fingerprint density at radius 2 is 1.84 bits per heavy atom. The van der Waals surface area contributed by atoms with Gasteiger partial charge < -0.3 is 25.0 Å². The fourth-order valence-electron chi connectivity index (χ4n) is 2.05. The molecule has 1 aromatic rings. The van der Waals surface area contributed by atoms with E-state index in [0.29, 0.717) is 10.2 Å². The highest BCUT2D eigenvalue weighted by molar-refractivity contribution is 9.10. The molecule has 8 heteroatoms. The second-order valence-electron chi connectivity index (χ2n) is 5.58. The first-order valence-corrected chi connectivity index (χ1v) is 8.32. The number of benzene rings is 1. The molecule has 7 nitrogen and oxygen atoms in total. The molecule has 138 valence electrons. The molecular weight excluding hydrogens is 394 g/mol. The molecule has 0 saturated carbocycles. The highest BCUT2D eigenvalue weighted by atomic mass is 79.9. The van der Waals surface area contributed by atoms with Gasteiger partial charge in [-0.2, -0.15) is 0 Å². The van der Waals surface area contributed by atoms with Crippen LogP contribution < -0.4 is 14.8 Å². The first kappa shape index (κ1) is 21.0. The summed E-state index contributed by atoms with van der Waals surface area (Å²) in [4.78, 5) is 24.2. The van der Waals surface area contributed by atoms with Crippen LogP contribution >= 0.6 is 15.9 Å². The van der Waals surface area contributed by atoms with Crippen molar-refractivity contribution in [1.82, 2.24) is 5.32 Å². The fourth-order valence-corrected chi connectivity index (χ4v) is 2.56. The maximum atomic E-state index is 12.7. The molecule has 0 heterocycles. The minimum Gasteiger partial charge on any atom is -0.496 e. The summed E-state index contributed by atoms with van der Waals surface area (Å²) in [6.07, 6.45) is 1.11. The molecule has 0 saturated heterocycles. The minimum atomic E-state index is -1.38. The van der Waals surface area contributed by atoms with Gasteiger partial charge in [0.1, 0.15) is 17.1 Å². The van der Waals surface area contributed by atoms with Gasteiger partial charge >= 0.3 is 5.97 Å². The van der Waals surface area contributed by atoms with Crippen LogP contribution in [0.15, 0.2) is 28.4 Å². The smallest absolute Gasteiger partial charge is 0.341 e. The second kappa shape index (κ2) is 9.43. The van der Waals surface area contributed by atoms with Gasteiger partial charge in [-0.3, -0.25) is 4.79 Å². The quantitative estimate of drug-likeness (QED) is 0.245. The van der Waals surface area contributed by atoms with Crippen molar-refractivity contribution in [3.05, 3.63) is 33.9 Å². The zero-order chi connectivity index (χ0) is 19.1. The number of carboxylic acid groups (broad SMARTS) is 1. The van der Waals surface area contributed by atoms with E-state index in [9.17, 15) is 19.8 Å². The molecule has 1 unspecified atom stereocenters. The number of ether oxygens (including phenoxy) is 2. The standard InChI is InChI=1S/C17H22BrNO6/c1-9(2)13(8-20)19-7-11(17(22)23)16(21)10-5-12(18)15(25-4)6-14(10)24-3/h5-7,9,13,19-20H,8H2,1-4H3,(H,22,23)/b11-7-. The Labute approximate surface area is 154 Å². The number of aliphatic carboxylic acids is 1. The van der Waals surface area contributed by atoms with Crippen molar-refractivity contribution >= 4 is 27.7 Å². The zero-order valence-electron chi connectivity index (χ0n) is 14.5. The molecule has 0 aliphatic rings. The number of nitrogens with one attached hydrogen (secondary N) is 1. The van der Waals surface area contributed by atoms with E-state index >= 15 is 0 Å². The second-order valence-corrected chi connectivity index (χ2v) is 6.43. The molecule has 0 bridgehead atoms. The third-order valence-electron chi connectivity index (χ3n) is 3.64. The topological polar surface area (TPSA) is 105 Å². The van der Waals surface area contributed by atoms with Crippen LogP contribution in [0.4, 0.5) is 0 Å². The minimum absolute atomic E-state index is 0.0519. The van der Waals surface area contributed by atoms with E-state index in [0.717, 1.165) is 6.20 Å². The third-order valence-corrected chi connectivity index (χ3v) is 4.26. The third kappa shape index (κ3) is 5.20. The number of hydrogen-bond donors (Lipinski definition) is 3. The van der Waals surface area contributed by atoms with Gasteiger partial charge in [-0.1, -0.05) is 13.8 Å². The average Bonchev–Trinajstić information content (AvgIpc) is 2.57. The lowest BCUT2D eigenvalue weighted by molar-refractivity contribution is -0.132. The highest BCUT2D eigenvalue weighted by Gasteiger charge is 2.24. The lowest BCUT2D eigenvalue weighted by Gasteiger charge is -2.19. The molecule has 1 aromatic carbocycles. The van der Waals surface area contributed by atoms with E-state index in [1.807, 2.05) is 13.8 Å². The molecule has 3 N–H and O–H groups in total. The molecule has 0 spiro atoms. The Bertz CT molecular complexity index is 671. The monoisotopic (exact) mass is 415 g/mol. The largest absolute Gasteiger partial charge is 0.496 e. The van der Waals surface area contributed by atoms with E-state index in [4.69, 9.17) is 9.47 Å². The first-order valence-electron chi connectivity index (χ1n) is 7.53. The van der Waals surface area contributed by atoms with Crippen molar-refractivity contribution in [2.45, 2.75) is 19.9 Å². The number of methoxy groups -OCH3 is 2. The van der Waals surface area contributed by atoms with Gasteiger partial charge in [0.15, 0.2) is 0 Å². The molecule has 0 aliphatic heterocycles. The van der Waals surface area contributed by atoms with Crippen LogP contribution in [0.5, 0.6) is 11.5 Å². The van der Waals surface area contributed by atoms with E-state index in [1.165, 1.54) is 26.4 Å². The van der Waals surface area contributed by atoms with Gasteiger partial charge in [0.25, 0.3) is 0 Å². The first-order chi connectivity index (χ1) is 11.8. The number of carbonyl (C=O) groups is 2. The van der Waals surface area contributed by atoms with Crippen LogP contribution in [0.25, 0.3) is 0 Å². The number of halogens is 1. The Morgan fingerprint density at radius 3 is 2.28 bits per heavy atom. The van der Waals surface area contributed by atoms with Crippen molar-refractivity contribution in [2.24, 2.45) is 5.92 Å². The predicted octanol–water partition coefficient (Wildman–Crippen LogP) is 2.22. The molecule has 0 aromatic heterocycles. The number of aliphatic hydroxyl groups is 1. The number of Topliss-reactive ketones (excluding diaryl/α,β-unsaturated/α-hetero) is 1. The van der Waals surface area contributed by atoms with Gasteiger partial charge in [0, 0.05) is 12.3 Å². The maximum Gasteiger partial charge on any atom is 0.341 e. The summed E-state index contributed by atoms with van der Waals surface area (Å²) in [5.41, 5.74) is -0.384. The lowest BCUT2D eigenvalue weighted by Crippen LogP contribution is -2.34. The molecule has 0 aliphatic carbocycles. The molecule has 1 atom stereocenters. The summed E-state index contributed by atoms with van der Waals surface area (Å²) in [5, 5.41) is 21.5. The summed E-state index contributed by atoms with van der Waals surface area (Å²) in [6.45, 7) is 3.55. The van der Waals surface area contributed by atoms with Gasteiger partial charge in [-0.15, -0.1) is 0 Å². The van der Waals surface area contributed by atoms with E-state index in [-0.39, 0.29) is 29.9 Å². The molecule has 0 fully saturated rings. The normalized spacial score (nSPS) is 12.7. The fraction of sp³-hybridized carbons (Fsp3) is 0.412. The van der Waals surface area contributed by atoms with E-state index < -0.39 is 17.3 Å². The van der Waals surface area contributed by atoms with Crippen LogP contribution in [-0.2, 0) is 4.79 Å². The average molecular weight is 416 g/mol. The number of ketones is 1. The molecule has 1 rings (SSSR count). The summed E-state index contributed by atoms with van der Waals surface area (Å²) in [6, 6.07) is 2.57. The van der Waals surface area contributed by atoms with Crippen molar-refractivity contribution < 1.29 is 29.3 Å². The van der Waals surface area contributed by atoms with Crippen molar-refractivity contribution in [3.63, 3.8) is 0 Å². The van der Waals surface area contributed by atoms with Crippen LogP contribution in [0.1, 0.15) is 24.2 Å². The van der Waals surface area contributed by atoms with E-state index in [1.54, 1.807) is 0 Å². The number of carboxylic acids is 1. The highest BCUT2D eigenvalue weighted by Crippen LogP contribution is 2.34. The van der Waals surface area contributed by atoms with Gasteiger partial charge in [-0.05, 0) is 27.9 Å². The van der Waals surface area contributed by atoms with Crippen molar-refractivity contribution in [1.29, 1.82) is 0 Å². The van der Waals surface area contributed by atoms with Gasteiger partial charge in [0.2, 0.25) is 5.78 Å². The Hall–Kier alpha value is -2.06. The Morgan fingerprint density at radius 1 is 1.24 bits per heavy atom. The van der Waals surface area contributed by atoms with Gasteiger partial charge in [0.05, 0.1) is 36.9 Å². The summed E-state index contributed by atoms with van der Waals surface area (Å²) < 4.78 is 10.8. The SMILES string of the molecule is COc1cc(OC)c(C(=O)/C(=C/NC(CO)C(C)C)C(=O)O)cc1Br. The molecule has 0 amide bonds. The number of aliphatic hydroxyl groups excluding tert-OH is 1. The van der Waals surface area contributed by atoms with Crippen LogP contribution in [0.2, 0.25) is 0 Å². The van der Waals surface area contributed by atoms with Crippen molar-refractivity contribution in [2.75, 3.05) is 20.8 Å². The molecule has 25 heavy (non-hydrogen) atoms. The number of hydrogen-bond acceptors (Lipinski definition) is 6. The number of rotatable bonds is 9. The van der Waals surface area contributed by atoms with E-state index in [2.05, 4.69) is 21.2 Å². The zero-order valence-corrected chi connectivity index (χ0v) is 16.1. The summed E-state index contributed by atoms with van der Waals surface area (Å²) >= 11 is 3.27.